The third-order valence-corrected chi connectivity index (χ3v) is 11.4. The quantitative estimate of drug-likeness (QED) is 0.0576. The van der Waals surface area contributed by atoms with Gasteiger partial charge >= 0.3 is 0 Å². The predicted molar refractivity (Wildman–Crippen MR) is 252 cm³/mol. The van der Waals surface area contributed by atoms with Gasteiger partial charge < -0.3 is 44.4 Å². The predicted octanol–water partition coefficient (Wildman–Crippen LogP) is 6.95. The molecule has 6 nitrogen and oxygen atoms in total. The van der Waals surface area contributed by atoms with E-state index in [1.807, 2.05) is 0 Å². The van der Waals surface area contributed by atoms with Crippen LogP contribution in [0.25, 0.3) is 0 Å². The normalized spacial score (nSPS) is 11.2. The molecule has 0 unspecified atom stereocenters. The molecule has 0 saturated carbocycles. The minimum Gasteiger partial charge on any atom is -1.00 e. The molecule has 0 fully saturated rings. The number of nitrogens with zero attached hydrogens (tertiary/aromatic N) is 2. The summed E-state index contributed by atoms with van der Waals surface area (Å²) < 4.78 is 1.91. The van der Waals surface area contributed by atoms with Crippen LogP contribution in [0, 0.1) is 0 Å². The van der Waals surface area contributed by atoms with Gasteiger partial charge in [0.25, 0.3) is 0 Å². The van der Waals surface area contributed by atoms with Gasteiger partial charge in [-0.3, -0.25) is 9.59 Å². The molecule has 0 radical (unpaired) electrons. The number of carbonyl (C=O) groups is 2. The molecule has 0 aromatic heterocycles. The second kappa shape index (κ2) is 40.9. The lowest BCUT2D eigenvalue weighted by Gasteiger charge is -2.30. The van der Waals surface area contributed by atoms with E-state index in [1.54, 1.807) is 0 Å². The number of unbranched alkanes of at least 4 members (excludes halogenated alkanes) is 20. The molecule has 0 aliphatic rings. The number of benzene rings is 2. The van der Waals surface area contributed by atoms with Crippen LogP contribution in [0.4, 0.5) is 0 Å². The SMILES string of the molecule is CCCCCCCCCCCCCC(=O)NCCC[N+](C)(C)Cc1ccccc1.CCCCCCCCCCCCCC(=O)NCCC[N+](C)(C)Cc1ccccc1.[Cl-].[Cl-]. The van der Waals surface area contributed by atoms with Crippen LogP contribution >= 0.6 is 0 Å². The number of amides is 2. The second-order valence-electron chi connectivity index (χ2n) is 18.6. The molecule has 0 aliphatic heterocycles. The van der Waals surface area contributed by atoms with Crippen molar-refractivity contribution >= 4 is 11.8 Å². The van der Waals surface area contributed by atoms with Gasteiger partial charge in [0.05, 0.1) is 41.3 Å². The Morgan fingerprint density at radius 3 is 0.950 bits per heavy atom. The molecule has 2 aromatic rings. The number of halogens is 2. The van der Waals surface area contributed by atoms with E-state index >= 15 is 0 Å². The lowest BCUT2D eigenvalue weighted by Crippen LogP contribution is -3.00. The summed E-state index contributed by atoms with van der Waals surface area (Å²) in [6.45, 7) is 10.4. The molecule has 0 atom stereocenters. The Balaban J connectivity index is 0. The average Bonchev–Trinajstić information content (AvgIpc) is 3.20. The Bertz CT molecular complexity index is 1130. The molecule has 60 heavy (non-hydrogen) atoms. The number of rotatable bonds is 36. The molecule has 2 rings (SSSR count). The van der Waals surface area contributed by atoms with Crippen molar-refractivity contribution in [2.45, 2.75) is 194 Å². The molecular formula is C52H94Cl2N4O2. The Morgan fingerprint density at radius 1 is 0.400 bits per heavy atom. The lowest BCUT2D eigenvalue weighted by molar-refractivity contribution is -0.903. The Morgan fingerprint density at radius 2 is 0.667 bits per heavy atom. The summed E-state index contributed by atoms with van der Waals surface area (Å²) in [7, 11) is 9.06. The Labute approximate surface area is 384 Å². The lowest BCUT2D eigenvalue weighted by atomic mass is 10.1. The van der Waals surface area contributed by atoms with Crippen LogP contribution in [0.1, 0.15) is 192 Å². The summed E-state index contributed by atoms with van der Waals surface area (Å²) in [5, 5.41) is 6.21. The van der Waals surface area contributed by atoms with E-state index in [4.69, 9.17) is 0 Å². The summed E-state index contributed by atoms with van der Waals surface area (Å²) in [5.74, 6) is 0.462. The van der Waals surface area contributed by atoms with Crippen molar-refractivity contribution in [3.8, 4) is 0 Å². The van der Waals surface area contributed by atoms with Crippen molar-refractivity contribution in [3.63, 3.8) is 0 Å². The monoisotopic (exact) mass is 877 g/mol. The number of carbonyl (C=O) groups excluding carboxylic acids is 2. The highest BCUT2D eigenvalue weighted by Gasteiger charge is 2.16. The first-order chi connectivity index (χ1) is 28.1. The van der Waals surface area contributed by atoms with Gasteiger partial charge in [-0.2, -0.15) is 0 Å². The number of hydrogen-bond acceptors (Lipinski definition) is 2. The molecule has 348 valence electrons. The third kappa shape index (κ3) is 38.8. The first-order valence-corrected chi connectivity index (χ1v) is 24.3. The first-order valence-electron chi connectivity index (χ1n) is 24.3. The first kappa shape index (κ1) is 60.0. The zero-order valence-electron chi connectivity index (χ0n) is 39.9. The highest BCUT2D eigenvalue weighted by Crippen LogP contribution is 2.14. The van der Waals surface area contributed by atoms with Gasteiger partial charge in [-0.15, -0.1) is 0 Å². The van der Waals surface area contributed by atoms with E-state index in [-0.39, 0.29) is 36.6 Å². The van der Waals surface area contributed by atoms with E-state index in [9.17, 15) is 9.59 Å². The van der Waals surface area contributed by atoms with Crippen LogP contribution in [0.15, 0.2) is 60.7 Å². The molecule has 2 N–H and O–H groups in total. The van der Waals surface area contributed by atoms with E-state index in [0.29, 0.717) is 12.8 Å². The summed E-state index contributed by atoms with van der Waals surface area (Å²) >= 11 is 0. The largest absolute Gasteiger partial charge is 1.00 e. The van der Waals surface area contributed by atoms with Crippen LogP contribution in [0.5, 0.6) is 0 Å². The zero-order chi connectivity index (χ0) is 42.4. The van der Waals surface area contributed by atoms with E-state index < -0.39 is 0 Å². The fourth-order valence-electron chi connectivity index (χ4n) is 7.86. The smallest absolute Gasteiger partial charge is 0.219 e. The van der Waals surface area contributed by atoms with Gasteiger partial charge in [-0.1, -0.05) is 203 Å². The molecular weight excluding hydrogens is 784 g/mol. The molecule has 0 saturated heterocycles. The average molecular weight is 878 g/mol. The topological polar surface area (TPSA) is 58.2 Å². The van der Waals surface area contributed by atoms with Crippen molar-refractivity contribution in [1.82, 2.24) is 10.6 Å². The summed E-state index contributed by atoms with van der Waals surface area (Å²) in [6.07, 6.45) is 32.6. The van der Waals surface area contributed by atoms with Gasteiger partial charge in [-0.25, -0.2) is 0 Å². The van der Waals surface area contributed by atoms with Crippen molar-refractivity contribution in [2.24, 2.45) is 0 Å². The van der Waals surface area contributed by atoms with E-state index in [1.165, 1.54) is 140 Å². The summed E-state index contributed by atoms with van der Waals surface area (Å²) in [6, 6.07) is 21.3. The maximum atomic E-state index is 12.0. The molecule has 0 heterocycles. The number of nitrogens with one attached hydrogen (secondary N) is 2. The molecule has 2 amide bonds. The van der Waals surface area contributed by atoms with Crippen molar-refractivity contribution < 1.29 is 43.4 Å². The molecule has 0 spiro atoms. The molecule has 0 aliphatic carbocycles. The standard InChI is InChI=1S/2C26H46N2O.2ClH/c2*1-4-5-6-7-8-9-10-11-12-13-17-21-26(29)27-22-18-23-28(2,3)24-25-19-15-14-16-20-25;;/h2*14-16,19-20H,4-13,17-18,21-24H2,1-3H3;2*1H. The van der Waals surface area contributed by atoms with Crippen LogP contribution in [-0.4, -0.2) is 75.2 Å². The summed E-state index contributed by atoms with van der Waals surface area (Å²) in [5.41, 5.74) is 2.75. The highest BCUT2D eigenvalue weighted by molar-refractivity contribution is 5.76. The number of hydrogen-bond donors (Lipinski definition) is 2. The Hall–Kier alpha value is -2.12. The molecule has 2 aromatic carbocycles. The minimum atomic E-state index is 0. The maximum Gasteiger partial charge on any atom is 0.219 e. The van der Waals surface area contributed by atoms with Gasteiger partial charge in [-0.05, 0) is 12.8 Å². The third-order valence-electron chi connectivity index (χ3n) is 11.4. The fraction of sp³-hybridized carbons (Fsp3) is 0.731. The van der Waals surface area contributed by atoms with Crippen LogP contribution in [0.3, 0.4) is 0 Å². The van der Waals surface area contributed by atoms with E-state index in [0.717, 1.165) is 73.9 Å². The molecule has 0 bridgehead atoms. The van der Waals surface area contributed by atoms with Crippen molar-refractivity contribution in [2.75, 3.05) is 54.4 Å². The zero-order valence-corrected chi connectivity index (χ0v) is 41.4. The Kier molecular flexibility index (Phi) is 40.9. The van der Waals surface area contributed by atoms with Crippen LogP contribution in [0.2, 0.25) is 0 Å². The fourth-order valence-corrected chi connectivity index (χ4v) is 7.86. The summed E-state index contributed by atoms with van der Waals surface area (Å²) in [4.78, 5) is 24.0. The van der Waals surface area contributed by atoms with Crippen molar-refractivity contribution in [1.29, 1.82) is 0 Å². The maximum absolute atomic E-state index is 12.0. The van der Waals surface area contributed by atoms with E-state index in [2.05, 4.69) is 113 Å². The van der Waals surface area contributed by atoms with Gasteiger partial charge in [0.2, 0.25) is 11.8 Å². The second-order valence-corrected chi connectivity index (χ2v) is 18.6. The molecule has 8 heteroatoms. The number of quaternary nitrogens is 2. The van der Waals surface area contributed by atoms with Crippen molar-refractivity contribution in [3.05, 3.63) is 71.8 Å². The highest BCUT2D eigenvalue weighted by atomic mass is 35.5. The minimum absolute atomic E-state index is 0. The van der Waals surface area contributed by atoms with Gasteiger partial charge in [0.1, 0.15) is 13.1 Å². The van der Waals surface area contributed by atoms with Gasteiger partial charge in [0, 0.05) is 49.9 Å². The van der Waals surface area contributed by atoms with Gasteiger partial charge in [0.15, 0.2) is 0 Å². The van der Waals surface area contributed by atoms with Crippen LogP contribution < -0.4 is 35.4 Å². The van der Waals surface area contributed by atoms with Crippen LogP contribution in [-0.2, 0) is 22.7 Å².